The van der Waals surface area contributed by atoms with Crippen LogP contribution in [-0.4, -0.2) is 86.5 Å². The predicted molar refractivity (Wildman–Crippen MR) is 146 cm³/mol. The summed E-state index contributed by atoms with van der Waals surface area (Å²) < 4.78 is 81.5. The second-order valence-corrected chi connectivity index (χ2v) is 15.8. The fourth-order valence-electron chi connectivity index (χ4n) is 4.18. The summed E-state index contributed by atoms with van der Waals surface area (Å²) in [6, 6.07) is 1.96. The highest BCUT2D eigenvalue weighted by atomic mass is 31.3. The standard InChI is InChI=1S/C18H26N4O21P4/c23-9-5-15(21-3-1-13(25)19-17(21)27)39-11(9)7-37-44(29,30)41-46(33,34)43-47(35,36)42-45(31,32)38-8-12-10(24)6-16(40-12)22-4-2-14(26)20-18(22)28/h1-4,9-12,15-16,23-24H,5-8H2,(H,29,30)(H,31,32)(H,33,34)(H,35,36)(H,19,25,27)(H,20,26,28)/t9-,10-,11?,12?,15-,16-/m1/s1. The highest BCUT2D eigenvalue weighted by molar-refractivity contribution is 7.69. The molecule has 4 rings (SSSR count). The molecule has 264 valence electrons. The number of nitrogens with one attached hydrogen (secondary N) is 2. The molecule has 6 unspecified atom stereocenters. The number of ether oxygens (including phenoxy) is 2. The van der Waals surface area contributed by atoms with E-state index in [0.717, 1.165) is 33.7 Å². The molecule has 2 aromatic rings. The van der Waals surface area contributed by atoms with E-state index in [1.807, 2.05) is 9.97 Å². The minimum Gasteiger partial charge on any atom is -0.390 e. The van der Waals surface area contributed by atoms with Crippen molar-refractivity contribution in [2.24, 2.45) is 0 Å². The second-order valence-electron chi connectivity index (χ2n) is 9.61. The van der Waals surface area contributed by atoms with Crippen molar-refractivity contribution in [2.45, 2.75) is 49.7 Å². The van der Waals surface area contributed by atoms with Gasteiger partial charge < -0.3 is 39.3 Å². The largest absolute Gasteiger partial charge is 0.490 e. The van der Waals surface area contributed by atoms with Crippen molar-refractivity contribution >= 4 is 31.3 Å². The highest BCUT2D eigenvalue weighted by Gasteiger charge is 2.47. The van der Waals surface area contributed by atoms with Crippen LogP contribution in [0.5, 0.6) is 0 Å². The molecule has 0 amide bonds. The maximum atomic E-state index is 12.2. The number of aliphatic hydroxyl groups is 2. The lowest BCUT2D eigenvalue weighted by Crippen LogP contribution is -2.31. The van der Waals surface area contributed by atoms with Crippen LogP contribution >= 0.6 is 31.3 Å². The Balaban J connectivity index is 1.27. The van der Waals surface area contributed by atoms with Gasteiger partial charge in [0.2, 0.25) is 0 Å². The van der Waals surface area contributed by atoms with Gasteiger partial charge >= 0.3 is 42.7 Å². The van der Waals surface area contributed by atoms with Gasteiger partial charge in [-0.3, -0.25) is 37.7 Å². The number of nitrogens with zero attached hydrogens (tertiary/aromatic N) is 2. The summed E-state index contributed by atoms with van der Waals surface area (Å²) in [4.78, 5) is 89.2. The van der Waals surface area contributed by atoms with Crippen LogP contribution < -0.4 is 22.5 Å². The molecule has 0 aliphatic carbocycles. The molecule has 2 fully saturated rings. The highest BCUT2D eigenvalue weighted by Crippen LogP contribution is 2.71. The Morgan fingerprint density at radius 3 is 1.34 bits per heavy atom. The molecule has 4 heterocycles. The second kappa shape index (κ2) is 14.3. The molecule has 0 bridgehead atoms. The summed E-state index contributed by atoms with van der Waals surface area (Å²) in [5.74, 6) is 0. The smallest absolute Gasteiger partial charge is 0.390 e. The number of aliphatic hydroxyl groups excluding tert-OH is 2. The van der Waals surface area contributed by atoms with Crippen molar-refractivity contribution in [2.75, 3.05) is 13.2 Å². The third-order valence-electron chi connectivity index (χ3n) is 6.15. The molecule has 2 saturated heterocycles. The molecule has 25 nitrogen and oxygen atoms in total. The van der Waals surface area contributed by atoms with Gasteiger partial charge in [0.15, 0.2) is 0 Å². The molecule has 2 aliphatic heterocycles. The molecular weight excluding hydrogens is 732 g/mol. The first-order valence-electron chi connectivity index (χ1n) is 12.7. The van der Waals surface area contributed by atoms with Crippen LogP contribution in [0.1, 0.15) is 25.3 Å². The van der Waals surface area contributed by atoms with Crippen molar-refractivity contribution in [1.82, 2.24) is 19.1 Å². The van der Waals surface area contributed by atoms with Gasteiger partial charge in [-0.25, -0.2) is 27.8 Å². The minimum absolute atomic E-state index is 0.270. The third kappa shape index (κ3) is 10.4. The van der Waals surface area contributed by atoms with E-state index in [0.29, 0.717) is 0 Å². The average molecular weight is 758 g/mol. The minimum atomic E-state index is -6.14. The van der Waals surface area contributed by atoms with Crippen LogP contribution in [0.15, 0.2) is 43.7 Å². The molecule has 29 heteroatoms. The van der Waals surface area contributed by atoms with E-state index in [2.05, 4.69) is 22.0 Å². The molecule has 2 aromatic heterocycles. The van der Waals surface area contributed by atoms with Crippen molar-refractivity contribution in [3.63, 3.8) is 0 Å². The van der Waals surface area contributed by atoms with Gasteiger partial charge in [0, 0.05) is 37.4 Å². The van der Waals surface area contributed by atoms with Gasteiger partial charge in [-0.15, -0.1) is 0 Å². The van der Waals surface area contributed by atoms with Crippen LogP contribution in [0.4, 0.5) is 0 Å². The maximum Gasteiger partial charge on any atom is 0.490 e. The Labute approximate surface area is 259 Å². The summed E-state index contributed by atoms with van der Waals surface area (Å²) in [6.07, 6.45) is -6.54. The lowest BCUT2D eigenvalue weighted by atomic mass is 10.2. The molecule has 0 aromatic carbocycles. The summed E-state index contributed by atoms with van der Waals surface area (Å²) >= 11 is 0. The zero-order valence-corrected chi connectivity index (χ0v) is 26.7. The van der Waals surface area contributed by atoms with Gasteiger partial charge in [0.05, 0.1) is 25.4 Å². The van der Waals surface area contributed by atoms with E-state index in [4.69, 9.17) is 9.47 Å². The molecule has 10 atom stereocenters. The number of hydrogen-bond acceptors (Lipinski definition) is 17. The quantitative estimate of drug-likeness (QED) is 0.0953. The molecule has 0 radical (unpaired) electrons. The van der Waals surface area contributed by atoms with Crippen LogP contribution in [0.2, 0.25) is 0 Å². The maximum absolute atomic E-state index is 12.2. The van der Waals surface area contributed by atoms with Gasteiger partial charge in [-0.1, -0.05) is 0 Å². The topological polar surface area (TPSA) is 364 Å². The SMILES string of the molecule is O=c1ccn([C@H]2C[C@@H](O)C(COP(=O)(O)OP(=O)(O)OP(=O)(O)OP(=O)(O)OCC3O[C@@H](n4ccc(=O)[nH]c4=O)C[C@H]3O)O2)c(=O)[nH]1. The van der Waals surface area contributed by atoms with Crippen LogP contribution in [0.3, 0.4) is 0 Å². The number of phosphoric acid groups is 4. The van der Waals surface area contributed by atoms with E-state index in [-0.39, 0.29) is 12.8 Å². The molecular formula is C18H26N4O21P4. The van der Waals surface area contributed by atoms with Crippen molar-refractivity contribution < 1.29 is 79.5 Å². The third-order valence-corrected chi connectivity index (χ3v) is 12.1. The summed E-state index contributed by atoms with van der Waals surface area (Å²) in [7, 11) is -23.7. The molecule has 47 heavy (non-hydrogen) atoms. The number of H-pyrrole nitrogens is 2. The fraction of sp³-hybridized carbons (Fsp3) is 0.556. The Morgan fingerprint density at radius 2 is 1.00 bits per heavy atom. The van der Waals surface area contributed by atoms with Crippen LogP contribution in [-0.2, 0) is 49.7 Å². The molecule has 0 saturated carbocycles. The molecule has 0 spiro atoms. The molecule has 2 aliphatic rings. The van der Waals surface area contributed by atoms with Gasteiger partial charge in [-0.05, 0) is 0 Å². The van der Waals surface area contributed by atoms with Crippen LogP contribution in [0.25, 0.3) is 0 Å². The summed E-state index contributed by atoms with van der Waals surface area (Å²) in [6.45, 7) is -2.05. The summed E-state index contributed by atoms with van der Waals surface area (Å²) in [5, 5.41) is 20.3. The normalized spacial score (nSPS) is 29.8. The number of rotatable bonds is 14. The number of aromatic nitrogens is 4. The fourth-order valence-corrected chi connectivity index (χ4v) is 9.14. The lowest BCUT2D eigenvalue weighted by molar-refractivity contribution is -0.0452. The molecule has 8 N–H and O–H groups in total. The summed E-state index contributed by atoms with van der Waals surface area (Å²) in [5.41, 5.74) is -3.25. The van der Waals surface area contributed by atoms with E-state index < -0.39 is 104 Å². The first-order chi connectivity index (χ1) is 21.6. The van der Waals surface area contributed by atoms with Crippen LogP contribution in [0, 0.1) is 0 Å². The van der Waals surface area contributed by atoms with E-state index in [1.165, 1.54) is 0 Å². The zero-order chi connectivity index (χ0) is 34.9. The lowest BCUT2D eigenvalue weighted by Gasteiger charge is -2.21. The van der Waals surface area contributed by atoms with Gasteiger partial charge in [-0.2, -0.15) is 12.9 Å². The first-order valence-corrected chi connectivity index (χ1v) is 18.7. The van der Waals surface area contributed by atoms with Crippen molar-refractivity contribution in [3.05, 3.63) is 66.2 Å². The Bertz CT molecular complexity index is 1760. The van der Waals surface area contributed by atoms with Gasteiger partial charge in [0.25, 0.3) is 11.1 Å². The van der Waals surface area contributed by atoms with E-state index >= 15 is 0 Å². The number of hydrogen-bond donors (Lipinski definition) is 8. The Morgan fingerprint density at radius 1 is 0.660 bits per heavy atom. The van der Waals surface area contributed by atoms with Crippen molar-refractivity contribution in [3.8, 4) is 0 Å². The average Bonchev–Trinajstić information content (AvgIpc) is 3.45. The number of aromatic amines is 2. The predicted octanol–water partition coefficient (Wildman–Crippen LogP) is -2.13. The van der Waals surface area contributed by atoms with E-state index in [9.17, 15) is 67.2 Å². The number of phosphoric ester groups is 2. The van der Waals surface area contributed by atoms with Crippen molar-refractivity contribution in [1.29, 1.82) is 0 Å². The zero-order valence-electron chi connectivity index (χ0n) is 23.1. The Kier molecular flexibility index (Phi) is 11.4. The monoisotopic (exact) mass is 758 g/mol. The first kappa shape index (κ1) is 37.6. The van der Waals surface area contributed by atoms with E-state index in [1.54, 1.807) is 0 Å². The van der Waals surface area contributed by atoms with Gasteiger partial charge in [0.1, 0.15) is 24.7 Å². The Hall–Kier alpha value is -2.24.